The van der Waals surface area contributed by atoms with Gasteiger partial charge >= 0.3 is 0 Å². The van der Waals surface area contributed by atoms with Crippen LogP contribution in [0.3, 0.4) is 0 Å². The molecule has 1 aromatic carbocycles. The van der Waals surface area contributed by atoms with Crippen LogP contribution in [0.2, 0.25) is 5.02 Å². The summed E-state index contributed by atoms with van der Waals surface area (Å²) < 4.78 is 0. The van der Waals surface area contributed by atoms with Crippen LogP contribution in [0.5, 0.6) is 0 Å². The van der Waals surface area contributed by atoms with Crippen molar-refractivity contribution in [1.29, 1.82) is 0 Å². The molecule has 1 aromatic heterocycles. The number of nitrogens with one attached hydrogen (secondary N) is 1. The minimum Gasteiger partial charge on any atom is -0.384 e. The first-order valence-electron chi connectivity index (χ1n) is 6.24. The molecule has 0 aliphatic heterocycles. The van der Waals surface area contributed by atoms with Gasteiger partial charge in [0, 0.05) is 22.5 Å². The molecular weight excluding hydrogens is 308 g/mol. The van der Waals surface area contributed by atoms with E-state index in [9.17, 15) is 4.79 Å². The number of nitrogen functional groups attached to an aromatic ring is 1. The van der Waals surface area contributed by atoms with Gasteiger partial charge in [-0.25, -0.2) is 9.97 Å². The average molecular weight is 323 g/mol. The van der Waals surface area contributed by atoms with Crippen LogP contribution in [0.15, 0.2) is 29.4 Å². The van der Waals surface area contributed by atoms with Gasteiger partial charge in [0.2, 0.25) is 5.91 Å². The summed E-state index contributed by atoms with van der Waals surface area (Å²) in [5, 5.41) is 3.89. The fraction of sp³-hybridized carbons (Fsp3) is 0.214. The van der Waals surface area contributed by atoms with Crippen LogP contribution in [-0.4, -0.2) is 21.6 Å². The molecule has 7 heteroatoms. The third-order valence-electron chi connectivity index (χ3n) is 2.66. The number of hydrogen-bond donors (Lipinski definition) is 2. The second-order valence-corrected chi connectivity index (χ2v) is 5.89. The molecular formula is C14H15ClN4OS. The first-order chi connectivity index (χ1) is 9.94. The van der Waals surface area contributed by atoms with Gasteiger partial charge in [-0.2, -0.15) is 0 Å². The Morgan fingerprint density at radius 1 is 1.33 bits per heavy atom. The van der Waals surface area contributed by atoms with E-state index in [2.05, 4.69) is 15.3 Å². The standard InChI is InChI=1S/C14H15ClN4OS/c1-8-3-4-10(15)6-11(8)18-13(20)7-21-14-17-9(2)5-12(16)19-14/h3-6H,7H2,1-2H3,(H,18,20)(H2,16,17,19). The number of thioether (sulfide) groups is 1. The Morgan fingerprint density at radius 3 is 2.81 bits per heavy atom. The molecule has 0 saturated heterocycles. The predicted octanol–water partition coefficient (Wildman–Crippen LogP) is 3.06. The molecule has 21 heavy (non-hydrogen) atoms. The number of nitrogens with zero attached hydrogens (tertiary/aromatic N) is 2. The molecule has 0 aliphatic rings. The molecule has 1 amide bonds. The molecule has 1 heterocycles. The number of hydrogen-bond acceptors (Lipinski definition) is 5. The van der Waals surface area contributed by atoms with Crippen molar-refractivity contribution in [1.82, 2.24) is 9.97 Å². The zero-order valence-electron chi connectivity index (χ0n) is 11.7. The summed E-state index contributed by atoms with van der Waals surface area (Å²) in [5.74, 6) is 0.458. The molecule has 0 spiro atoms. The number of aryl methyl sites for hydroxylation is 2. The van der Waals surface area contributed by atoms with Crippen LogP contribution in [0.25, 0.3) is 0 Å². The summed E-state index contributed by atoms with van der Waals surface area (Å²) in [4.78, 5) is 20.2. The van der Waals surface area contributed by atoms with Crippen LogP contribution in [-0.2, 0) is 4.79 Å². The molecule has 5 nitrogen and oxygen atoms in total. The van der Waals surface area contributed by atoms with Crippen molar-refractivity contribution in [2.75, 3.05) is 16.8 Å². The molecule has 0 radical (unpaired) electrons. The minimum atomic E-state index is -0.144. The maximum atomic E-state index is 12.0. The number of anilines is 2. The van der Waals surface area contributed by atoms with Gasteiger partial charge in [-0.05, 0) is 31.5 Å². The third-order valence-corrected chi connectivity index (χ3v) is 3.74. The predicted molar refractivity (Wildman–Crippen MR) is 86.7 cm³/mol. The molecule has 0 fully saturated rings. The van der Waals surface area contributed by atoms with Gasteiger partial charge in [-0.15, -0.1) is 0 Å². The number of carbonyl (C=O) groups excluding carboxylic acids is 1. The SMILES string of the molecule is Cc1cc(N)nc(SCC(=O)Nc2cc(Cl)ccc2C)n1. The van der Waals surface area contributed by atoms with E-state index in [1.54, 1.807) is 18.2 Å². The van der Waals surface area contributed by atoms with Crippen LogP contribution < -0.4 is 11.1 Å². The largest absolute Gasteiger partial charge is 0.384 e. The van der Waals surface area contributed by atoms with Crippen LogP contribution in [0, 0.1) is 13.8 Å². The molecule has 2 aromatic rings. The van der Waals surface area contributed by atoms with Gasteiger partial charge in [-0.3, -0.25) is 4.79 Å². The molecule has 0 saturated carbocycles. The molecule has 3 N–H and O–H groups in total. The van der Waals surface area contributed by atoms with Crippen molar-refractivity contribution < 1.29 is 4.79 Å². The highest BCUT2D eigenvalue weighted by Crippen LogP contribution is 2.21. The fourth-order valence-electron chi connectivity index (χ4n) is 1.67. The second-order valence-electron chi connectivity index (χ2n) is 4.51. The monoisotopic (exact) mass is 322 g/mol. The Labute approximate surface area is 132 Å². The molecule has 0 bridgehead atoms. The van der Waals surface area contributed by atoms with E-state index < -0.39 is 0 Å². The zero-order valence-corrected chi connectivity index (χ0v) is 13.3. The highest BCUT2D eigenvalue weighted by molar-refractivity contribution is 7.99. The normalized spacial score (nSPS) is 10.4. The Bertz CT molecular complexity index is 658. The summed E-state index contributed by atoms with van der Waals surface area (Å²) in [6.45, 7) is 3.74. The summed E-state index contributed by atoms with van der Waals surface area (Å²) >= 11 is 7.16. The van der Waals surface area contributed by atoms with Gasteiger partial charge in [0.15, 0.2) is 5.16 Å². The topological polar surface area (TPSA) is 80.9 Å². The Morgan fingerprint density at radius 2 is 2.10 bits per heavy atom. The van der Waals surface area contributed by atoms with Gasteiger partial charge in [0.05, 0.1) is 5.75 Å². The van der Waals surface area contributed by atoms with Gasteiger partial charge in [0.25, 0.3) is 0 Å². The number of rotatable bonds is 4. The summed E-state index contributed by atoms with van der Waals surface area (Å²) in [5.41, 5.74) is 8.08. The fourth-order valence-corrected chi connectivity index (χ4v) is 2.56. The Hall–Kier alpha value is -1.79. The Balaban J connectivity index is 1.97. The second kappa shape index (κ2) is 6.78. The lowest BCUT2D eigenvalue weighted by atomic mass is 10.2. The maximum Gasteiger partial charge on any atom is 0.234 e. The molecule has 0 aliphatic carbocycles. The van der Waals surface area contributed by atoms with E-state index in [1.165, 1.54) is 11.8 Å². The van der Waals surface area contributed by atoms with Crippen molar-refractivity contribution in [2.24, 2.45) is 0 Å². The zero-order chi connectivity index (χ0) is 15.4. The molecule has 110 valence electrons. The van der Waals surface area contributed by atoms with E-state index >= 15 is 0 Å². The summed E-state index contributed by atoms with van der Waals surface area (Å²) in [6.07, 6.45) is 0. The van der Waals surface area contributed by atoms with Crippen molar-refractivity contribution in [3.05, 3.63) is 40.5 Å². The van der Waals surface area contributed by atoms with E-state index in [-0.39, 0.29) is 11.7 Å². The first-order valence-corrected chi connectivity index (χ1v) is 7.60. The molecule has 0 atom stereocenters. The minimum absolute atomic E-state index is 0.144. The lowest BCUT2D eigenvalue weighted by Gasteiger charge is -2.08. The Kier molecular flexibility index (Phi) is 5.03. The highest BCUT2D eigenvalue weighted by Gasteiger charge is 2.08. The molecule has 0 unspecified atom stereocenters. The van der Waals surface area contributed by atoms with E-state index in [0.717, 1.165) is 11.3 Å². The smallest absolute Gasteiger partial charge is 0.234 e. The quantitative estimate of drug-likeness (QED) is 0.668. The number of aromatic nitrogens is 2. The summed E-state index contributed by atoms with van der Waals surface area (Å²) in [6, 6.07) is 7.04. The lowest BCUT2D eigenvalue weighted by molar-refractivity contribution is -0.113. The maximum absolute atomic E-state index is 12.0. The number of benzene rings is 1. The van der Waals surface area contributed by atoms with E-state index in [1.807, 2.05) is 19.9 Å². The van der Waals surface area contributed by atoms with Crippen LogP contribution >= 0.6 is 23.4 Å². The van der Waals surface area contributed by atoms with Gasteiger partial charge in [-0.1, -0.05) is 29.4 Å². The van der Waals surface area contributed by atoms with Gasteiger partial charge in [0.1, 0.15) is 5.82 Å². The highest BCUT2D eigenvalue weighted by atomic mass is 35.5. The van der Waals surface area contributed by atoms with Crippen molar-refractivity contribution in [3.63, 3.8) is 0 Å². The summed E-state index contributed by atoms with van der Waals surface area (Å²) in [7, 11) is 0. The van der Waals surface area contributed by atoms with Crippen LogP contribution in [0.1, 0.15) is 11.3 Å². The van der Waals surface area contributed by atoms with Crippen LogP contribution in [0.4, 0.5) is 11.5 Å². The lowest BCUT2D eigenvalue weighted by Crippen LogP contribution is -2.15. The van der Waals surface area contributed by atoms with Crippen molar-refractivity contribution >= 4 is 40.8 Å². The van der Waals surface area contributed by atoms with E-state index in [0.29, 0.717) is 21.7 Å². The number of amides is 1. The molecule has 2 rings (SSSR count). The third kappa shape index (κ3) is 4.61. The van der Waals surface area contributed by atoms with E-state index in [4.69, 9.17) is 17.3 Å². The number of carbonyl (C=O) groups is 1. The first kappa shape index (κ1) is 15.6. The van der Waals surface area contributed by atoms with Crippen molar-refractivity contribution in [3.8, 4) is 0 Å². The van der Waals surface area contributed by atoms with Gasteiger partial charge < -0.3 is 11.1 Å². The number of nitrogens with two attached hydrogens (primary N) is 1. The number of halogens is 1. The average Bonchev–Trinajstić information content (AvgIpc) is 2.40. The van der Waals surface area contributed by atoms with Crippen molar-refractivity contribution in [2.45, 2.75) is 19.0 Å².